The van der Waals surface area contributed by atoms with Crippen LogP contribution < -0.4 is 4.74 Å². The standard InChI is InChI=1S/C21H34N2O4/c1-5-16(3)23(21(25)19-9-7-8-10-20(19)26-4)15-18-14-22(11-12-27-18)13-17(24)6-2/h7-10,16-18,24H,5-6,11-15H2,1-4H3. The maximum atomic E-state index is 13.2. The highest BCUT2D eigenvalue weighted by molar-refractivity contribution is 5.97. The van der Waals surface area contributed by atoms with Gasteiger partial charge < -0.3 is 19.5 Å². The van der Waals surface area contributed by atoms with Crippen LogP contribution in [0.1, 0.15) is 44.0 Å². The molecule has 1 aliphatic rings. The lowest BCUT2D eigenvalue weighted by Gasteiger charge is -2.38. The highest BCUT2D eigenvalue weighted by atomic mass is 16.5. The van der Waals surface area contributed by atoms with E-state index in [1.807, 2.05) is 36.1 Å². The number of aliphatic hydroxyl groups is 1. The van der Waals surface area contributed by atoms with Crippen molar-refractivity contribution < 1.29 is 19.4 Å². The van der Waals surface area contributed by atoms with Crippen LogP contribution >= 0.6 is 0 Å². The van der Waals surface area contributed by atoms with E-state index in [4.69, 9.17) is 9.47 Å². The number of hydrogen-bond donors (Lipinski definition) is 1. The van der Waals surface area contributed by atoms with Gasteiger partial charge in [-0.1, -0.05) is 26.0 Å². The summed E-state index contributed by atoms with van der Waals surface area (Å²) < 4.78 is 11.3. The van der Waals surface area contributed by atoms with Crippen LogP contribution in [-0.4, -0.2) is 79.0 Å². The van der Waals surface area contributed by atoms with Crippen molar-refractivity contribution in [2.75, 3.05) is 39.9 Å². The molecule has 1 fully saturated rings. The molecule has 3 atom stereocenters. The number of β-amino-alcohol motifs (C(OH)–C–C–N with tert-alkyl or cyclic N) is 1. The number of benzene rings is 1. The Morgan fingerprint density at radius 2 is 2.11 bits per heavy atom. The Morgan fingerprint density at radius 1 is 1.37 bits per heavy atom. The molecule has 1 N–H and O–H groups in total. The molecule has 6 nitrogen and oxygen atoms in total. The van der Waals surface area contributed by atoms with Crippen molar-refractivity contribution in [3.63, 3.8) is 0 Å². The van der Waals surface area contributed by atoms with Gasteiger partial charge in [-0.05, 0) is 31.9 Å². The number of amides is 1. The van der Waals surface area contributed by atoms with Crippen LogP contribution in [-0.2, 0) is 4.74 Å². The van der Waals surface area contributed by atoms with E-state index in [-0.39, 0.29) is 24.2 Å². The van der Waals surface area contributed by atoms with Crippen molar-refractivity contribution in [2.24, 2.45) is 0 Å². The van der Waals surface area contributed by atoms with Crippen LogP contribution in [0, 0.1) is 0 Å². The molecular formula is C21H34N2O4. The molecule has 6 heteroatoms. The molecule has 1 aromatic carbocycles. The van der Waals surface area contributed by atoms with Crippen molar-refractivity contribution in [3.05, 3.63) is 29.8 Å². The van der Waals surface area contributed by atoms with Gasteiger partial charge in [-0.3, -0.25) is 9.69 Å². The van der Waals surface area contributed by atoms with Gasteiger partial charge in [0.2, 0.25) is 0 Å². The van der Waals surface area contributed by atoms with E-state index in [1.54, 1.807) is 7.11 Å². The Morgan fingerprint density at radius 3 is 2.78 bits per heavy atom. The van der Waals surface area contributed by atoms with E-state index in [0.29, 0.717) is 31.0 Å². The number of aliphatic hydroxyl groups excluding tert-OH is 1. The Hall–Kier alpha value is -1.63. The maximum absolute atomic E-state index is 13.2. The quantitative estimate of drug-likeness (QED) is 0.715. The van der Waals surface area contributed by atoms with E-state index in [9.17, 15) is 9.90 Å². The number of methoxy groups -OCH3 is 1. The molecule has 27 heavy (non-hydrogen) atoms. The fourth-order valence-electron chi connectivity index (χ4n) is 3.36. The molecule has 0 aliphatic carbocycles. The molecule has 1 saturated heterocycles. The second-order valence-electron chi connectivity index (χ2n) is 7.23. The number of hydrogen-bond acceptors (Lipinski definition) is 5. The molecule has 0 aromatic heterocycles. The minimum Gasteiger partial charge on any atom is -0.496 e. The lowest BCUT2D eigenvalue weighted by Crippen LogP contribution is -2.52. The second kappa shape index (κ2) is 10.6. The predicted octanol–water partition coefficient (Wildman–Crippen LogP) is 2.41. The fraction of sp³-hybridized carbons (Fsp3) is 0.667. The zero-order chi connectivity index (χ0) is 19.8. The summed E-state index contributed by atoms with van der Waals surface area (Å²) >= 11 is 0. The van der Waals surface area contributed by atoms with Crippen LogP contribution in [0.2, 0.25) is 0 Å². The highest BCUT2D eigenvalue weighted by Gasteiger charge is 2.29. The van der Waals surface area contributed by atoms with Gasteiger partial charge >= 0.3 is 0 Å². The van der Waals surface area contributed by atoms with Crippen LogP contribution in [0.5, 0.6) is 5.75 Å². The van der Waals surface area contributed by atoms with Gasteiger partial charge in [-0.2, -0.15) is 0 Å². The van der Waals surface area contributed by atoms with Crippen LogP contribution in [0.4, 0.5) is 0 Å². The first-order valence-electron chi connectivity index (χ1n) is 9.96. The molecule has 1 amide bonds. The summed E-state index contributed by atoms with van der Waals surface area (Å²) in [6, 6.07) is 7.44. The molecule has 1 aromatic rings. The largest absolute Gasteiger partial charge is 0.496 e. The normalized spacial score (nSPS) is 20.1. The highest BCUT2D eigenvalue weighted by Crippen LogP contribution is 2.22. The van der Waals surface area contributed by atoms with E-state index < -0.39 is 0 Å². The third kappa shape index (κ3) is 5.92. The average molecular weight is 379 g/mol. The number of ether oxygens (including phenoxy) is 2. The first-order chi connectivity index (χ1) is 13.0. The van der Waals surface area contributed by atoms with Crippen LogP contribution in [0.25, 0.3) is 0 Å². The summed E-state index contributed by atoms with van der Waals surface area (Å²) in [6.07, 6.45) is 1.24. The first-order valence-corrected chi connectivity index (χ1v) is 9.96. The monoisotopic (exact) mass is 378 g/mol. The molecule has 0 spiro atoms. The van der Waals surface area contributed by atoms with Crippen molar-refractivity contribution in [1.29, 1.82) is 0 Å². The maximum Gasteiger partial charge on any atom is 0.257 e. The van der Waals surface area contributed by atoms with E-state index >= 15 is 0 Å². The van der Waals surface area contributed by atoms with E-state index in [1.165, 1.54) is 0 Å². The number of carbonyl (C=O) groups excluding carboxylic acids is 1. The van der Waals surface area contributed by atoms with Gasteiger partial charge in [0.15, 0.2) is 0 Å². The Labute approximate surface area is 163 Å². The topological polar surface area (TPSA) is 62.2 Å². The summed E-state index contributed by atoms with van der Waals surface area (Å²) in [7, 11) is 1.58. The fourth-order valence-corrected chi connectivity index (χ4v) is 3.36. The molecule has 1 heterocycles. The third-order valence-electron chi connectivity index (χ3n) is 5.28. The van der Waals surface area contributed by atoms with E-state index in [0.717, 1.165) is 25.9 Å². The van der Waals surface area contributed by atoms with Crippen molar-refractivity contribution in [1.82, 2.24) is 9.80 Å². The molecule has 1 aliphatic heterocycles. The average Bonchev–Trinajstić information content (AvgIpc) is 2.71. The second-order valence-corrected chi connectivity index (χ2v) is 7.23. The molecule has 0 saturated carbocycles. The molecular weight excluding hydrogens is 344 g/mol. The Kier molecular flexibility index (Phi) is 8.54. The molecule has 0 bridgehead atoms. The minimum atomic E-state index is -0.315. The molecule has 152 valence electrons. The number of rotatable bonds is 9. The van der Waals surface area contributed by atoms with Crippen molar-refractivity contribution in [2.45, 2.75) is 51.9 Å². The van der Waals surface area contributed by atoms with Gasteiger partial charge in [-0.25, -0.2) is 0 Å². The van der Waals surface area contributed by atoms with E-state index in [2.05, 4.69) is 18.7 Å². The lowest BCUT2D eigenvalue weighted by molar-refractivity contribution is -0.0537. The summed E-state index contributed by atoms with van der Waals surface area (Å²) in [5, 5.41) is 9.94. The summed E-state index contributed by atoms with van der Waals surface area (Å²) in [5.41, 5.74) is 0.578. The van der Waals surface area contributed by atoms with Crippen LogP contribution in [0.3, 0.4) is 0 Å². The SMILES string of the molecule is CCC(O)CN1CCOC(CN(C(=O)c2ccccc2OC)C(C)CC)C1. The number of para-hydroxylation sites is 1. The predicted molar refractivity (Wildman–Crippen MR) is 106 cm³/mol. The first kappa shape index (κ1) is 21.7. The Balaban J connectivity index is 2.11. The Bertz CT molecular complexity index is 595. The zero-order valence-corrected chi connectivity index (χ0v) is 17.1. The molecule has 2 rings (SSSR count). The molecule has 0 radical (unpaired) electrons. The van der Waals surface area contributed by atoms with Gasteiger partial charge in [0.1, 0.15) is 5.75 Å². The molecule has 3 unspecified atom stereocenters. The van der Waals surface area contributed by atoms with Crippen molar-refractivity contribution in [3.8, 4) is 5.75 Å². The van der Waals surface area contributed by atoms with Gasteiger partial charge in [0.05, 0.1) is 31.5 Å². The number of morpholine rings is 1. The minimum absolute atomic E-state index is 0.0314. The summed E-state index contributed by atoms with van der Waals surface area (Å²) in [5.74, 6) is 0.559. The van der Waals surface area contributed by atoms with Crippen molar-refractivity contribution >= 4 is 5.91 Å². The van der Waals surface area contributed by atoms with Gasteiger partial charge in [0.25, 0.3) is 5.91 Å². The lowest BCUT2D eigenvalue weighted by atomic mass is 10.1. The van der Waals surface area contributed by atoms with Crippen LogP contribution in [0.15, 0.2) is 24.3 Å². The van der Waals surface area contributed by atoms with Gasteiger partial charge in [-0.15, -0.1) is 0 Å². The third-order valence-corrected chi connectivity index (χ3v) is 5.28. The summed E-state index contributed by atoms with van der Waals surface area (Å²) in [6.45, 7) is 9.48. The summed E-state index contributed by atoms with van der Waals surface area (Å²) in [4.78, 5) is 17.4. The smallest absolute Gasteiger partial charge is 0.257 e. The van der Waals surface area contributed by atoms with Gasteiger partial charge in [0, 0.05) is 32.2 Å². The number of nitrogens with zero attached hydrogens (tertiary/aromatic N) is 2. The number of carbonyl (C=O) groups is 1. The zero-order valence-electron chi connectivity index (χ0n) is 17.1.